The summed E-state index contributed by atoms with van der Waals surface area (Å²) >= 11 is 0. The van der Waals surface area contributed by atoms with Crippen LogP contribution in [0.15, 0.2) is 97.2 Å². The maximum atomic E-state index is 12.9. The number of rotatable bonds is 52. The molecule has 0 N–H and O–H groups in total. The number of esters is 3. The van der Waals surface area contributed by atoms with Crippen LogP contribution in [-0.2, 0) is 28.6 Å². The molecule has 0 aliphatic carbocycles. The molecule has 0 rings (SSSR count). The minimum atomic E-state index is -0.815. The summed E-state index contributed by atoms with van der Waals surface area (Å²) in [7, 11) is 0. The largest absolute Gasteiger partial charge is 0.462 e. The monoisotopic (exact) mass is 973 g/mol. The van der Waals surface area contributed by atoms with E-state index in [-0.39, 0.29) is 37.5 Å². The fourth-order valence-corrected chi connectivity index (χ4v) is 7.93. The highest BCUT2D eigenvalue weighted by Crippen LogP contribution is 2.14. The Morgan fingerprint density at radius 3 is 0.957 bits per heavy atom. The van der Waals surface area contributed by atoms with Crippen molar-refractivity contribution in [3.8, 4) is 0 Å². The second-order valence-electron chi connectivity index (χ2n) is 19.2. The van der Waals surface area contributed by atoms with Crippen molar-refractivity contribution in [3.63, 3.8) is 0 Å². The third kappa shape index (κ3) is 55.3. The standard InChI is InChI=1S/C64H108O6/c1-4-7-10-13-16-19-22-25-28-31-32-34-36-39-42-45-48-51-54-57-63(66)69-60-61(59-68-62(65)56-53-50-47-44-41-38-35-30-27-24-21-18-15-12-9-6-3)70-64(67)58-55-52-49-46-43-40-37-33-29-26-23-20-17-14-11-8-5-2/h7,10,16,19,25-26,28-30,32,34-35,39,42,48,51,61H,4-6,8-9,11-15,17-18,20-24,27,31,33,36-38,40-41,43-47,49-50,52-60H2,1-3H3/b10-7-,19-16-,28-25-,29-26-,34-32-,35-30-,42-39-,51-48-/t61-/m1/s1. The Balaban J connectivity index is 4.51. The zero-order chi connectivity index (χ0) is 50.7. The molecular formula is C64H108O6. The van der Waals surface area contributed by atoms with Crippen LogP contribution in [0.25, 0.3) is 0 Å². The normalized spacial score (nSPS) is 12.8. The molecule has 0 saturated heterocycles. The summed E-state index contributed by atoms with van der Waals surface area (Å²) in [5, 5.41) is 0. The highest BCUT2D eigenvalue weighted by Gasteiger charge is 2.19. The van der Waals surface area contributed by atoms with Crippen molar-refractivity contribution >= 4 is 17.9 Å². The minimum absolute atomic E-state index is 0.107. The van der Waals surface area contributed by atoms with Gasteiger partial charge in [0.15, 0.2) is 6.10 Å². The van der Waals surface area contributed by atoms with Gasteiger partial charge in [-0.25, -0.2) is 0 Å². The van der Waals surface area contributed by atoms with Gasteiger partial charge in [0.2, 0.25) is 0 Å². The van der Waals surface area contributed by atoms with Crippen LogP contribution in [0.2, 0.25) is 0 Å². The average molecular weight is 974 g/mol. The molecule has 6 nitrogen and oxygen atoms in total. The topological polar surface area (TPSA) is 78.9 Å². The molecule has 0 bridgehead atoms. The van der Waals surface area contributed by atoms with E-state index < -0.39 is 6.10 Å². The fourth-order valence-electron chi connectivity index (χ4n) is 7.93. The molecule has 0 aromatic carbocycles. The molecule has 0 saturated carbocycles. The minimum Gasteiger partial charge on any atom is -0.462 e. The van der Waals surface area contributed by atoms with Crippen LogP contribution >= 0.6 is 0 Å². The molecule has 0 aliphatic heterocycles. The maximum Gasteiger partial charge on any atom is 0.306 e. The lowest BCUT2D eigenvalue weighted by Crippen LogP contribution is -2.30. The predicted octanol–water partition coefficient (Wildman–Crippen LogP) is 19.7. The second-order valence-corrected chi connectivity index (χ2v) is 19.2. The van der Waals surface area contributed by atoms with E-state index in [1.807, 2.05) is 6.08 Å². The van der Waals surface area contributed by atoms with E-state index >= 15 is 0 Å². The summed E-state index contributed by atoms with van der Waals surface area (Å²) in [4.78, 5) is 38.2. The molecule has 70 heavy (non-hydrogen) atoms. The molecule has 1 atom stereocenters. The lowest BCUT2D eigenvalue weighted by Gasteiger charge is -2.18. The Morgan fingerprint density at radius 2 is 0.586 bits per heavy atom. The van der Waals surface area contributed by atoms with Crippen molar-refractivity contribution in [1.29, 1.82) is 0 Å². The molecule has 0 radical (unpaired) electrons. The van der Waals surface area contributed by atoms with Gasteiger partial charge in [0.25, 0.3) is 0 Å². The van der Waals surface area contributed by atoms with Gasteiger partial charge in [0.1, 0.15) is 13.2 Å². The summed E-state index contributed by atoms with van der Waals surface area (Å²) in [6, 6.07) is 0. The van der Waals surface area contributed by atoms with Crippen molar-refractivity contribution in [3.05, 3.63) is 97.2 Å². The molecule has 0 fully saturated rings. The molecular weight excluding hydrogens is 865 g/mol. The van der Waals surface area contributed by atoms with Gasteiger partial charge in [-0.05, 0) is 109 Å². The molecule has 0 unspecified atom stereocenters. The first-order valence-corrected chi connectivity index (χ1v) is 29.2. The maximum absolute atomic E-state index is 12.9. The van der Waals surface area contributed by atoms with E-state index in [9.17, 15) is 14.4 Å². The summed E-state index contributed by atoms with van der Waals surface area (Å²) in [6.07, 6.45) is 76.9. The number of ether oxygens (including phenoxy) is 3. The van der Waals surface area contributed by atoms with E-state index in [1.165, 1.54) is 135 Å². The van der Waals surface area contributed by atoms with Crippen LogP contribution in [-0.4, -0.2) is 37.2 Å². The molecule has 400 valence electrons. The Bertz CT molecular complexity index is 1400. The van der Waals surface area contributed by atoms with Gasteiger partial charge in [-0.2, -0.15) is 0 Å². The molecule has 0 heterocycles. The van der Waals surface area contributed by atoms with Crippen LogP contribution in [0.5, 0.6) is 0 Å². The van der Waals surface area contributed by atoms with Crippen LogP contribution in [0.1, 0.15) is 271 Å². The Morgan fingerprint density at radius 1 is 0.300 bits per heavy atom. The number of hydrogen-bond acceptors (Lipinski definition) is 6. The number of hydrogen-bond donors (Lipinski definition) is 0. The third-order valence-electron chi connectivity index (χ3n) is 12.3. The van der Waals surface area contributed by atoms with E-state index in [0.717, 1.165) is 89.9 Å². The molecule has 0 amide bonds. The second kappa shape index (κ2) is 57.9. The van der Waals surface area contributed by atoms with E-state index in [2.05, 4.69) is 112 Å². The van der Waals surface area contributed by atoms with Crippen molar-refractivity contribution < 1.29 is 28.6 Å². The third-order valence-corrected chi connectivity index (χ3v) is 12.3. The highest BCUT2D eigenvalue weighted by atomic mass is 16.6. The van der Waals surface area contributed by atoms with E-state index in [1.54, 1.807) is 0 Å². The van der Waals surface area contributed by atoms with Gasteiger partial charge in [-0.15, -0.1) is 0 Å². The number of unbranched alkanes of at least 4 members (excludes halogenated alkanes) is 25. The lowest BCUT2D eigenvalue weighted by atomic mass is 10.1. The number of carbonyl (C=O) groups is 3. The quantitative estimate of drug-likeness (QED) is 0.0262. The van der Waals surface area contributed by atoms with Gasteiger partial charge >= 0.3 is 17.9 Å². The molecule has 0 aromatic rings. The Hall–Kier alpha value is -3.67. The Kier molecular flexibility index (Phi) is 54.9. The molecule has 0 aliphatic rings. The summed E-state index contributed by atoms with van der Waals surface area (Å²) in [6.45, 7) is 6.46. The molecule has 0 aromatic heterocycles. The summed E-state index contributed by atoms with van der Waals surface area (Å²) in [5.74, 6) is -1.00. The van der Waals surface area contributed by atoms with Gasteiger partial charge in [-0.3, -0.25) is 14.4 Å². The van der Waals surface area contributed by atoms with Crippen LogP contribution in [0.3, 0.4) is 0 Å². The fraction of sp³-hybridized carbons (Fsp3) is 0.703. The SMILES string of the molecule is CC/C=C\C/C=C\C/C=C\C/C=C\C/C=C\C/C=C\CCC(=O)OC[C@@H](COC(=O)CCCCCCC/C=C\CCCCCCCCC)OC(=O)CCCCCCCCC/C=C\CCCCCCCC. The summed E-state index contributed by atoms with van der Waals surface area (Å²) in [5.41, 5.74) is 0. The predicted molar refractivity (Wildman–Crippen MR) is 302 cm³/mol. The first kappa shape index (κ1) is 66.3. The first-order valence-electron chi connectivity index (χ1n) is 29.2. The van der Waals surface area contributed by atoms with Crippen molar-refractivity contribution in [2.75, 3.05) is 13.2 Å². The lowest BCUT2D eigenvalue weighted by molar-refractivity contribution is -0.166. The van der Waals surface area contributed by atoms with Crippen molar-refractivity contribution in [2.24, 2.45) is 0 Å². The summed E-state index contributed by atoms with van der Waals surface area (Å²) < 4.78 is 16.8. The zero-order valence-corrected chi connectivity index (χ0v) is 45.8. The smallest absolute Gasteiger partial charge is 0.306 e. The Labute approximate surface area is 432 Å². The van der Waals surface area contributed by atoms with Crippen LogP contribution in [0, 0.1) is 0 Å². The van der Waals surface area contributed by atoms with Crippen molar-refractivity contribution in [1.82, 2.24) is 0 Å². The van der Waals surface area contributed by atoms with Gasteiger partial charge in [-0.1, -0.05) is 240 Å². The zero-order valence-electron chi connectivity index (χ0n) is 45.8. The van der Waals surface area contributed by atoms with Gasteiger partial charge in [0, 0.05) is 19.3 Å². The van der Waals surface area contributed by atoms with Crippen LogP contribution in [0.4, 0.5) is 0 Å². The molecule has 6 heteroatoms. The number of allylic oxidation sites excluding steroid dienone is 16. The van der Waals surface area contributed by atoms with E-state index in [4.69, 9.17) is 14.2 Å². The molecule has 0 spiro atoms. The van der Waals surface area contributed by atoms with Gasteiger partial charge < -0.3 is 14.2 Å². The van der Waals surface area contributed by atoms with E-state index in [0.29, 0.717) is 19.3 Å². The average Bonchev–Trinajstić information content (AvgIpc) is 3.36. The van der Waals surface area contributed by atoms with Crippen molar-refractivity contribution in [2.45, 2.75) is 277 Å². The number of carbonyl (C=O) groups excluding carboxylic acids is 3. The van der Waals surface area contributed by atoms with Crippen LogP contribution < -0.4 is 0 Å². The highest BCUT2D eigenvalue weighted by molar-refractivity contribution is 5.71. The van der Waals surface area contributed by atoms with Gasteiger partial charge in [0.05, 0.1) is 0 Å². The first-order chi connectivity index (χ1) is 34.5.